The average molecular weight is 251 g/mol. The predicted octanol–water partition coefficient (Wildman–Crippen LogP) is 2.02. The van der Waals surface area contributed by atoms with Gasteiger partial charge in [0.25, 0.3) is 0 Å². The molecule has 1 aromatic heterocycles. The summed E-state index contributed by atoms with van der Waals surface area (Å²) >= 11 is 0. The summed E-state index contributed by atoms with van der Waals surface area (Å²) in [5.41, 5.74) is 0. The minimum absolute atomic E-state index is 0.245. The first-order chi connectivity index (χ1) is 8.83. The smallest absolute Gasteiger partial charge is 0.243 e. The molecule has 2 atom stereocenters. The molecule has 0 saturated carbocycles. The first-order valence-corrected chi connectivity index (χ1v) is 6.97. The molecule has 0 radical (unpaired) electrons. The standard InChI is InChI=1S/C13H21N3O2/c1-9-2-5-14-11(8-9)13-15-12(16-18-13)10-3-6-17-7-4-10/h9-11,14H,2-8H2,1H3. The first kappa shape index (κ1) is 12.1. The van der Waals surface area contributed by atoms with E-state index in [2.05, 4.69) is 22.4 Å². The quantitative estimate of drug-likeness (QED) is 0.871. The summed E-state index contributed by atoms with van der Waals surface area (Å²) in [7, 11) is 0. The lowest BCUT2D eigenvalue weighted by Gasteiger charge is -2.25. The molecule has 2 fully saturated rings. The molecule has 0 bridgehead atoms. The van der Waals surface area contributed by atoms with Crippen LogP contribution in [0.5, 0.6) is 0 Å². The molecule has 2 aliphatic rings. The Morgan fingerprint density at radius 1 is 1.22 bits per heavy atom. The Balaban J connectivity index is 1.68. The Morgan fingerprint density at radius 3 is 2.83 bits per heavy atom. The van der Waals surface area contributed by atoms with Crippen molar-refractivity contribution in [1.29, 1.82) is 0 Å². The van der Waals surface area contributed by atoms with Crippen LogP contribution in [0.15, 0.2) is 4.52 Å². The number of rotatable bonds is 2. The van der Waals surface area contributed by atoms with E-state index in [1.54, 1.807) is 0 Å². The van der Waals surface area contributed by atoms with Gasteiger partial charge in [0.05, 0.1) is 6.04 Å². The van der Waals surface area contributed by atoms with Crippen molar-refractivity contribution in [3.05, 3.63) is 11.7 Å². The van der Waals surface area contributed by atoms with Crippen LogP contribution >= 0.6 is 0 Å². The van der Waals surface area contributed by atoms with E-state index < -0.39 is 0 Å². The number of nitrogens with one attached hydrogen (secondary N) is 1. The van der Waals surface area contributed by atoms with Crippen LogP contribution in [-0.2, 0) is 4.74 Å². The molecule has 5 nitrogen and oxygen atoms in total. The van der Waals surface area contributed by atoms with Gasteiger partial charge >= 0.3 is 0 Å². The van der Waals surface area contributed by atoms with Crippen molar-refractivity contribution in [2.45, 2.75) is 44.6 Å². The predicted molar refractivity (Wildman–Crippen MR) is 66.2 cm³/mol. The first-order valence-electron chi connectivity index (χ1n) is 6.97. The summed E-state index contributed by atoms with van der Waals surface area (Å²) in [6.07, 6.45) is 4.34. The number of hydrogen-bond donors (Lipinski definition) is 1. The Bertz CT molecular complexity index is 387. The molecule has 0 spiro atoms. The number of aromatic nitrogens is 2. The number of ether oxygens (including phenoxy) is 1. The second-order valence-corrected chi connectivity index (χ2v) is 5.51. The topological polar surface area (TPSA) is 60.2 Å². The maximum absolute atomic E-state index is 5.44. The third kappa shape index (κ3) is 2.57. The molecular formula is C13H21N3O2. The second-order valence-electron chi connectivity index (χ2n) is 5.51. The summed E-state index contributed by atoms with van der Waals surface area (Å²) in [6.45, 7) is 4.95. The fraction of sp³-hybridized carbons (Fsp3) is 0.846. The molecule has 3 rings (SSSR count). The minimum atomic E-state index is 0.245. The molecule has 0 aliphatic carbocycles. The van der Waals surface area contributed by atoms with Gasteiger partial charge in [-0.05, 0) is 38.1 Å². The average Bonchev–Trinajstić information content (AvgIpc) is 2.89. The van der Waals surface area contributed by atoms with Crippen molar-refractivity contribution >= 4 is 0 Å². The molecule has 18 heavy (non-hydrogen) atoms. The Kier molecular flexibility index (Phi) is 3.61. The molecule has 2 unspecified atom stereocenters. The molecule has 1 N–H and O–H groups in total. The molecular weight excluding hydrogens is 230 g/mol. The molecule has 100 valence electrons. The Morgan fingerprint density at radius 2 is 2.06 bits per heavy atom. The third-order valence-corrected chi connectivity index (χ3v) is 4.01. The highest BCUT2D eigenvalue weighted by molar-refractivity contribution is 5.00. The van der Waals surface area contributed by atoms with Gasteiger partial charge in [0.2, 0.25) is 5.89 Å². The van der Waals surface area contributed by atoms with Gasteiger partial charge in [-0.1, -0.05) is 12.1 Å². The minimum Gasteiger partial charge on any atom is -0.381 e. The van der Waals surface area contributed by atoms with Gasteiger partial charge in [-0.2, -0.15) is 4.98 Å². The highest BCUT2D eigenvalue weighted by Gasteiger charge is 2.27. The third-order valence-electron chi connectivity index (χ3n) is 4.01. The zero-order chi connectivity index (χ0) is 12.4. The SMILES string of the molecule is CC1CCNC(c2nc(C3CCOCC3)no2)C1. The van der Waals surface area contributed by atoms with Gasteiger partial charge in [0.1, 0.15) is 0 Å². The van der Waals surface area contributed by atoms with Crippen molar-refractivity contribution < 1.29 is 9.26 Å². The van der Waals surface area contributed by atoms with Crippen LogP contribution in [0.2, 0.25) is 0 Å². The Hall–Kier alpha value is -0.940. The summed E-state index contributed by atoms with van der Waals surface area (Å²) in [6, 6.07) is 0.245. The zero-order valence-electron chi connectivity index (χ0n) is 10.9. The number of nitrogens with zero attached hydrogens (tertiary/aromatic N) is 2. The highest BCUT2D eigenvalue weighted by atomic mass is 16.5. The van der Waals surface area contributed by atoms with Gasteiger partial charge in [-0.3, -0.25) is 0 Å². The molecule has 0 amide bonds. The number of hydrogen-bond acceptors (Lipinski definition) is 5. The van der Waals surface area contributed by atoms with E-state index in [4.69, 9.17) is 9.26 Å². The van der Waals surface area contributed by atoms with Crippen LogP contribution in [0.3, 0.4) is 0 Å². The van der Waals surface area contributed by atoms with Crippen molar-refractivity contribution in [3.63, 3.8) is 0 Å². The van der Waals surface area contributed by atoms with Crippen LogP contribution in [0, 0.1) is 5.92 Å². The number of piperidine rings is 1. The van der Waals surface area contributed by atoms with E-state index in [0.29, 0.717) is 5.92 Å². The normalized spacial score (nSPS) is 30.5. The Labute approximate surface area is 107 Å². The van der Waals surface area contributed by atoms with Crippen LogP contribution in [0.25, 0.3) is 0 Å². The van der Waals surface area contributed by atoms with Crippen LogP contribution in [0.4, 0.5) is 0 Å². The molecule has 5 heteroatoms. The van der Waals surface area contributed by atoms with E-state index in [1.807, 2.05) is 0 Å². The van der Waals surface area contributed by atoms with Gasteiger partial charge in [-0.25, -0.2) is 0 Å². The largest absolute Gasteiger partial charge is 0.381 e. The van der Waals surface area contributed by atoms with Crippen LogP contribution in [-0.4, -0.2) is 29.9 Å². The highest BCUT2D eigenvalue weighted by Crippen LogP contribution is 2.29. The van der Waals surface area contributed by atoms with Crippen LogP contribution in [0.1, 0.15) is 56.3 Å². The van der Waals surface area contributed by atoms with E-state index in [-0.39, 0.29) is 6.04 Å². The van der Waals surface area contributed by atoms with Crippen molar-refractivity contribution in [3.8, 4) is 0 Å². The summed E-state index contributed by atoms with van der Waals surface area (Å²) in [5, 5.41) is 7.62. The fourth-order valence-corrected chi connectivity index (χ4v) is 2.81. The van der Waals surface area contributed by atoms with E-state index in [1.165, 1.54) is 6.42 Å². The maximum atomic E-state index is 5.44. The van der Waals surface area contributed by atoms with E-state index >= 15 is 0 Å². The van der Waals surface area contributed by atoms with Crippen LogP contribution < -0.4 is 5.32 Å². The summed E-state index contributed by atoms with van der Waals surface area (Å²) in [4.78, 5) is 4.60. The fourth-order valence-electron chi connectivity index (χ4n) is 2.81. The van der Waals surface area contributed by atoms with Crippen molar-refractivity contribution in [2.75, 3.05) is 19.8 Å². The summed E-state index contributed by atoms with van der Waals surface area (Å²) < 4.78 is 10.8. The second kappa shape index (κ2) is 5.36. The van der Waals surface area contributed by atoms with Gasteiger partial charge in [0.15, 0.2) is 5.82 Å². The molecule has 0 aromatic carbocycles. The van der Waals surface area contributed by atoms with E-state index in [9.17, 15) is 0 Å². The molecule has 2 aliphatic heterocycles. The zero-order valence-corrected chi connectivity index (χ0v) is 10.9. The van der Waals surface area contributed by atoms with Gasteiger partial charge in [0, 0.05) is 19.1 Å². The molecule has 3 heterocycles. The monoisotopic (exact) mass is 251 g/mol. The summed E-state index contributed by atoms with van der Waals surface area (Å²) in [5.74, 6) is 2.78. The molecule has 1 aromatic rings. The van der Waals surface area contributed by atoms with Gasteiger partial charge in [-0.15, -0.1) is 0 Å². The lowest BCUT2D eigenvalue weighted by Crippen LogP contribution is -2.31. The molecule has 2 saturated heterocycles. The van der Waals surface area contributed by atoms with Gasteiger partial charge < -0.3 is 14.6 Å². The van der Waals surface area contributed by atoms with Crippen molar-refractivity contribution in [2.24, 2.45) is 5.92 Å². The lowest BCUT2D eigenvalue weighted by atomic mass is 9.94. The van der Waals surface area contributed by atoms with Crippen molar-refractivity contribution in [1.82, 2.24) is 15.5 Å². The maximum Gasteiger partial charge on any atom is 0.243 e. The van der Waals surface area contributed by atoms with E-state index in [0.717, 1.165) is 56.7 Å². The lowest BCUT2D eigenvalue weighted by molar-refractivity contribution is 0.0830.